The average molecular weight is 351 g/mol. The molecule has 0 saturated carbocycles. The molecule has 1 aromatic heterocycles. The summed E-state index contributed by atoms with van der Waals surface area (Å²) in [6, 6.07) is 18.1. The number of carbonyl (C=O) groups is 1. The van der Waals surface area contributed by atoms with Gasteiger partial charge in [-0.3, -0.25) is 4.79 Å². The lowest BCUT2D eigenvalue weighted by atomic mass is 10.2. The molecule has 0 radical (unpaired) electrons. The molecule has 0 fully saturated rings. The van der Waals surface area contributed by atoms with Crippen LogP contribution in [0.5, 0.6) is 0 Å². The van der Waals surface area contributed by atoms with Crippen molar-refractivity contribution < 1.29 is 4.79 Å². The van der Waals surface area contributed by atoms with Crippen LogP contribution >= 0.6 is 11.8 Å². The van der Waals surface area contributed by atoms with Crippen molar-refractivity contribution >= 4 is 17.7 Å². The molecule has 0 aliphatic carbocycles. The monoisotopic (exact) mass is 351 g/mol. The minimum Gasteiger partial charge on any atom is -0.341 e. The van der Waals surface area contributed by atoms with Crippen LogP contribution in [-0.2, 0) is 11.3 Å². The van der Waals surface area contributed by atoms with E-state index in [2.05, 4.69) is 24.2 Å². The normalized spacial score (nSPS) is 10.6. The number of amides is 1. The first-order valence-electron chi connectivity index (χ1n) is 8.15. The lowest BCUT2D eigenvalue weighted by Crippen LogP contribution is -2.27. The predicted octanol–water partition coefficient (Wildman–Crippen LogP) is 3.93. The van der Waals surface area contributed by atoms with Gasteiger partial charge in [-0.1, -0.05) is 36.4 Å². The third-order valence-electron chi connectivity index (χ3n) is 3.95. The molecule has 4 nitrogen and oxygen atoms in total. The summed E-state index contributed by atoms with van der Waals surface area (Å²) in [7, 11) is 1.83. The maximum atomic E-state index is 12.4. The summed E-state index contributed by atoms with van der Waals surface area (Å²) in [4.78, 5) is 15.3. The summed E-state index contributed by atoms with van der Waals surface area (Å²) in [6.07, 6.45) is 3.78. The second kappa shape index (κ2) is 8.03. The minimum atomic E-state index is 0.112. The second-order valence-corrected chi connectivity index (χ2v) is 6.95. The van der Waals surface area contributed by atoms with Gasteiger partial charge in [0.25, 0.3) is 0 Å². The van der Waals surface area contributed by atoms with Crippen molar-refractivity contribution in [3.8, 4) is 5.69 Å². The maximum Gasteiger partial charge on any atom is 0.232 e. The number of carbonyl (C=O) groups excluding carboxylic acids is 1. The van der Waals surface area contributed by atoms with Gasteiger partial charge in [-0.15, -0.1) is 11.8 Å². The Morgan fingerprint density at radius 2 is 1.84 bits per heavy atom. The summed E-state index contributed by atoms with van der Waals surface area (Å²) < 4.78 is 1.83. The van der Waals surface area contributed by atoms with Crippen LogP contribution in [0.4, 0.5) is 0 Å². The fourth-order valence-corrected chi connectivity index (χ4v) is 3.46. The van der Waals surface area contributed by atoms with Gasteiger partial charge in [-0.25, -0.2) is 4.68 Å². The number of thioether (sulfide) groups is 1. The van der Waals surface area contributed by atoms with Crippen LogP contribution in [0.25, 0.3) is 5.69 Å². The van der Waals surface area contributed by atoms with E-state index in [1.165, 1.54) is 5.56 Å². The predicted molar refractivity (Wildman–Crippen MR) is 102 cm³/mol. The zero-order chi connectivity index (χ0) is 17.6. The number of hydrogen-bond acceptors (Lipinski definition) is 3. The van der Waals surface area contributed by atoms with E-state index in [9.17, 15) is 4.79 Å². The fraction of sp³-hybridized carbons (Fsp3) is 0.200. The largest absolute Gasteiger partial charge is 0.341 e. The Morgan fingerprint density at radius 1 is 1.12 bits per heavy atom. The molecule has 0 spiro atoms. The molecule has 3 rings (SSSR count). The smallest absolute Gasteiger partial charge is 0.232 e. The molecular weight excluding hydrogens is 330 g/mol. The first kappa shape index (κ1) is 17.3. The molecule has 3 aromatic rings. The standard InChI is InChI=1S/C20H21N3OS/c1-16-8-6-7-11-19(16)25-15-20(24)22(2)13-17-12-21-23(14-17)18-9-4-3-5-10-18/h3-12,14H,13,15H2,1-2H3. The van der Waals surface area contributed by atoms with Crippen molar-refractivity contribution in [2.45, 2.75) is 18.4 Å². The average Bonchev–Trinajstić information content (AvgIpc) is 3.10. The molecule has 0 bridgehead atoms. The van der Waals surface area contributed by atoms with Gasteiger partial charge in [0.05, 0.1) is 17.6 Å². The highest BCUT2D eigenvalue weighted by molar-refractivity contribution is 8.00. The van der Waals surface area contributed by atoms with Gasteiger partial charge in [0, 0.05) is 30.2 Å². The molecule has 0 saturated heterocycles. The van der Waals surface area contributed by atoms with Crippen LogP contribution in [0.15, 0.2) is 71.9 Å². The number of para-hydroxylation sites is 1. The zero-order valence-corrected chi connectivity index (χ0v) is 15.2. The highest BCUT2D eigenvalue weighted by atomic mass is 32.2. The third kappa shape index (κ3) is 4.51. The van der Waals surface area contributed by atoms with Crippen LogP contribution < -0.4 is 0 Å². The van der Waals surface area contributed by atoms with Gasteiger partial charge in [0.2, 0.25) is 5.91 Å². The Labute approximate surface area is 152 Å². The number of hydrogen-bond donors (Lipinski definition) is 0. The molecule has 0 N–H and O–H groups in total. The van der Waals surface area contributed by atoms with E-state index >= 15 is 0 Å². The number of aryl methyl sites for hydroxylation is 1. The van der Waals surface area contributed by atoms with Crippen molar-refractivity contribution in [2.24, 2.45) is 0 Å². The van der Waals surface area contributed by atoms with Crippen molar-refractivity contribution in [1.82, 2.24) is 14.7 Å². The number of aromatic nitrogens is 2. The van der Waals surface area contributed by atoms with Crippen molar-refractivity contribution in [1.29, 1.82) is 0 Å². The highest BCUT2D eigenvalue weighted by Crippen LogP contribution is 2.22. The molecule has 0 atom stereocenters. The molecule has 0 aliphatic heterocycles. The van der Waals surface area contributed by atoms with Crippen LogP contribution in [0.1, 0.15) is 11.1 Å². The maximum absolute atomic E-state index is 12.4. The van der Waals surface area contributed by atoms with E-state index in [0.717, 1.165) is 16.1 Å². The molecule has 1 heterocycles. The SMILES string of the molecule is Cc1ccccc1SCC(=O)N(C)Cc1cnn(-c2ccccc2)c1. The third-order valence-corrected chi connectivity index (χ3v) is 5.11. The van der Waals surface area contributed by atoms with Gasteiger partial charge < -0.3 is 4.90 Å². The molecule has 128 valence electrons. The molecule has 1 amide bonds. The zero-order valence-electron chi connectivity index (χ0n) is 14.4. The first-order valence-corrected chi connectivity index (χ1v) is 9.13. The van der Waals surface area contributed by atoms with Crippen LogP contribution in [0, 0.1) is 6.92 Å². The van der Waals surface area contributed by atoms with Gasteiger partial charge in [-0.05, 0) is 30.7 Å². The Balaban J connectivity index is 1.57. The van der Waals surface area contributed by atoms with E-state index in [1.54, 1.807) is 16.7 Å². The lowest BCUT2D eigenvalue weighted by molar-refractivity contribution is -0.127. The van der Waals surface area contributed by atoms with Gasteiger partial charge in [0.1, 0.15) is 0 Å². The van der Waals surface area contributed by atoms with Crippen molar-refractivity contribution in [2.75, 3.05) is 12.8 Å². The molecule has 0 aliphatic rings. The quantitative estimate of drug-likeness (QED) is 0.632. The lowest BCUT2D eigenvalue weighted by Gasteiger charge is -2.16. The van der Waals surface area contributed by atoms with Crippen LogP contribution in [0.2, 0.25) is 0 Å². The Morgan fingerprint density at radius 3 is 2.60 bits per heavy atom. The Hall–Kier alpha value is -2.53. The number of benzene rings is 2. The minimum absolute atomic E-state index is 0.112. The number of rotatable bonds is 6. The first-order chi connectivity index (χ1) is 12.1. The Kier molecular flexibility index (Phi) is 5.56. The molecule has 5 heteroatoms. The van der Waals surface area contributed by atoms with E-state index in [-0.39, 0.29) is 5.91 Å². The molecule has 2 aromatic carbocycles. The van der Waals surface area contributed by atoms with E-state index in [0.29, 0.717) is 12.3 Å². The highest BCUT2D eigenvalue weighted by Gasteiger charge is 2.12. The summed E-state index contributed by atoms with van der Waals surface area (Å²) >= 11 is 1.58. The summed E-state index contributed by atoms with van der Waals surface area (Å²) in [5.74, 6) is 0.550. The van der Waals surface area contributed by atoms with Crippen LogP contribution in [0.3, 0.4) is 0 Å². The topological polar surface area (TPSA) is 38.1 Å². The molecule has 0 unspecified atom stereocenters. The van der Waals surface area contributed by atoms with E-state index in [1.807, 2.05) is 66.6 Å². The van der Waals surface area contributed by atoms with Crippen LogP contribution in [-0.4, -0.2) is 33.4 Å². The van der Waals surface area contributed by atoms with E-state index < -0.39 is 0 Å². The molecule has 25 heavy (non-hydrogen) atoms. The van der Waals surface area contributed by atoms with Crippen molar-refractivity contribution in [3.05, 3.63) is 78.1 Å². The Bertz CT molecular complexity index is 845. The van der Waals surface area contributed by atoms with Gasteiger partial charge in [0.15, 0.2) is 0 Å². The summed E-state index contributed by atoms with van der Waals surface area (Å²) in [6.45, 7) is 2.62. The fourth-order valence-electron chi connectivity index (χ4n) is 2.49. The summed E-state index contributed by atoms with van der Waals surface area (Å²) in [5.41, 5.74) is 3.23. The van der Waals surface area contributed by atoms with E-state index in [4.69, 9.17) is 0 Å². The summed E-state index contributed by atoms with van der Waals surface area (Å²) in [5, 5.41) is 4.38. The van der Waals surface area contributed by atoms with Gasteiger partial charge in [-0.2, -0.15) is 5.10 Å². The number of nitrogens with zero attached hydrogens (tertiary/aromatic N) is 3. The van der Waals surface area contributed by atoms with Crippen molar-refractivity contribution in [3.63, 3.8) is 0 Å². The second-order valence-electron chi connectivity index (χ2n) is 5.93. The molecular formula is C20H21N3OS. The van der Waals surface area contributed by atoms with Gasteiger partial charge >= 0.3 is 0 Å².